The number of nitrogens with zero attached hydrogens (tertiary/aromatic N) is 2. The Morgan fingerprint density at radius 3 is 2.48 bits per heavy atom. The second kappa shape index (κ2) is 7.06. The summed E-state index contributed by atoms with van der Waals surface area (Å²) in [5.74, 6) is -0.143. The maximum Gasteiger partial charge on any atom is 0.311 e. The van der Waals surface area contributed by atoms with Crippen LogP contribution in [0.15, 0.2) is 24.3 Å². The molecule has 1 heterocycles. The molecule has 1 aliphatic carbocycles. The van der Waals surface area contributed by atoms with E-state index in [0.717, 1.165) is 36.9 Å². The first-order valence-corrected chi connectivity index (χ1v) is 9.17. The van der Waals surface area contributed by atoms with Crippen LogP contribution < -0.4 is 4.90 Å². The largest absolute Gasteiger partial charge is 0.481 e. The number of aliphatic carboxylic acids is 1. The van der Waals surface area contributed by atoms with Crippen molar-refractivity contribution in [1.82, 2.24) is 4.90 Å². The molecule has 3 rings (SSSR count). The molecule has 1 saturated carbocycles. The quantitative estimate of drug-likeness (QED) is 0.862. The van der Waals surface area contributed by atoms with Gasteiger partial charge in [0, 0.05) is 32.9 Å². The summed E-state index contributed by atoms with van der Waals surface area (Å²) in [6.07, 6.45) is 4.82. The summed E-state index contributed by atoms with van der Waals surface area (Å²) in [7, 11) is 3.97. The Bertz CT molecular complexity index is 637. The minimum Gasteiger partial charge on any atom is -0.481 e. The van der Waals surface area contributed by atoms with Crippen LogP contribution in [-0.4, -0.2) is 49.1 Å². The highest BCUT2D eigenvalue weighted by molar-refractivity contribution is 5.81. The van der Waals surface area contributed by atoms with E-state index >= 15 is 0 Å². The average Bonchev–Trinajstić information content (AvgIpc) is 3.39. The molecule has 1 aromatic rings. The van der Waals surface area contributed by atoms with Gasteiger partial charge in [-0.2, -0.15) is 0 Å². The van der Waals surface area contributed by atoms with Crippen LogP contribution in [0.3, 0.4) is 0 Å². The molecule has 2 aliphatic rings. The minimum absolute atomic E-state index is 0.0405. The lowest BCUT2D eigenvalue weighted by Crippen LogP contribution is -2.50. The lowest BCUT2D eigenvalue weighted by Gasteiger charge is -2.40. The highest BCUT2D eigenvalue weighted by Gasteiger charge is 2.46. The number of carbonyl (C=O) groups excluding carboxylic acids is 1. The van der Waals surface area contributed by atoms with Crippen molar-refractivity contribution >= 4 is 17.6 Å². The second-order valence-corrected chi connectivity index (χ2v) is 7.89. The van der Waals surface area contributed by atoms with E-state index in [9.17, 15) is 14.7 Å². The lowest BCUT2D eigenvalue weighted by atomic mass is 9.75. The van der Waals surface area contributed by atoms with Crippen LogP contribution in [0.5, 0.6) is 0 Å². The zero-order valence-corrected chi connectivity index (χ0v) is 15.2. The summed E-state index contributed by atoms with van der Waals surface area (Å²) in [6, 6.07) is 7.97. The number of likely N-dealkylation sites (tertiary alicyclic amines) is 1. The molecule has 5 heteroatoms. The average molecular weight is 344 g/mol. The van der Waals surface area contributed by atoms with Crippen molar-refractivity contribution in [3.63, 3.8) is 0 Å². The van der Waals surface area contributed by atoms with E-state index in [2.05, 4.69) is 0 Å². The first-order chi connectivity index (χ1) is 11.9. The lowest BCUT2D eigenvalue weighted by molar-refractivity contribution is -0.155. The van der Waals surface area contributed by atoms with Crippen molar-refractivity contribution < 1.29 is 14.7 Å². The molecule has 25 heavy (non-hydrogen) atoms. The number of carboxylic acid groups (broad SMARTS) is 1. The number of amides is 1. The SMILES string of the molecule is CN(C)c1ccc(CC(=O)N2CCCC(CC3CC3)(C(=O)O)C2)cc1. The molecular weight excluding hydrogens is 316 g/mol. The minimum atomic E-state index is -0.732. The fourth-order valence-electron chi connectivity index (χ4n) is 3.85. The molecule has 1 unspecified atom stereocenters. The van der Waals surface area contributed by atoms with Crippen molar-refractivity contribution in [1.29, 1.82) is 0 Å². The Morgan fingerprint density at radius 2 is 1.92 bits per heavy atom. The molecule has 1 N–H and O–H groups in total. The van der Waals surface area contributed by atoms with Crippen LogP contribution >= 0.6 is 0 Å². The number of anilines is 1. The molecule has 0 radical (unpaired) electrons. The molecule has 2 fully saturated rings. The van der Waals surface area contributed by atoms with Crippen LogP contribution in [0.2, 0.25) is 0 Å². The summed E-state index contributed by atoms with van der Waals surface area (Å²) < 4.78 is 0. The monoisotopic (exact) mass is 344 g/mol. The highest BCUT2D eigenvalue weighted by atomic mass is 16.4. The van der Waals surface area contributed by atoms with Crippen molar-refractivity contribution in [2.45, 2.75) is 38.5 Å². The maximum atomic E-state index is 12.7. The number of hydrogen-bond donors (Lipinski definition) is 1. The molecule has 1 aromatic carbocycles. The van der Waals surface area contributed by atoms with Gasteiger partial charge in [0.05, 0.1) is 11.8 Å². The molecule has 1 atom stereocenters. The van der Waals surface area contributed by atoms with E-state index in [1.807, 2.05) is 43.3 Å². The smallest absolute Gasteiger partial charge is 0.311 e. The van der Waals surface area contributed by atoms with E-state index < -0.39 is 11.4 Å². The zero-order valence-electron chi connectivity index (χ0n) is 15.2. The molecule has 0 spiro atoms. The summed E-state index contributed by atoms with van der Waals surface area (Å²) >= 11 is 0. The molecule has 5 nitrogen and oxygen atoms in total. The molecule has 0 aromatic heterocycles. The van der Waals surface area contributed by atoms with Crippen LogP contribution in [0.4, 0.5) is 5.69 Å². The molecule has 1 saturated heterocycles. The van der Waals surface area contributed by atoms with Crippen molar-refractivity contribution in [2.24, 2.45) is 11.3 Å². The number of carboxylic acids is 1. The van der Waals surface area contributed by atoms with Gasteiger partial charge in [0.25, 0.3) is 0 Å². The fourth-order valence-corrected chi connectivity index (χ4v) is 3.85. The van der Waals surface area contributed by atoms with Gasteiger partial charge in [-0.3, -0.25) is 9.59 Å². The first kappa shape index (κ1) is 17.8. The first-order valence-electron chi connectivity index (χ1n) is 9.17. The third kappa shape index (κ3) is 4.14. The topological polar surface area (TPSA) is 60.9 Å². The number of benzene rings is 1. The third-order valence-electron chi connectivity index (χ3n) is 5.57. The fraction of sp³-hybridized carbons (Fsp3) is 0.600. The number of hydrogen-bond acceptors (Lipinski definition) is 3. The third-order valence-corrected chi connectivity index (χ3v) is 5.57. The van der Waals surface area contributed by atoms with Gasteiger partial charge in [0.15, 0.2) is 0 Å². The molecule has 136 valence electrons. The van der Waals surface area contributed by atoms with Gasteiger partial charge < -0.3 is 14.9 Å². The van der Waals surface area contributed by atoms with E-state index in [-0.39, 0.29) is 5.91 Å². The Morgan fingerprint density at radius 1 is 1.24 bits per heavy atom. The van der Waals surface area contributed by atoms with Crippen molar-refractivity contribution in [3.8, 4) is 0 Å². The van der Waals surface area contributed by atoms with E-state index in [1.54, 1.807) is 4.90 Å². The van der Waals surface area contributed by atoms with Gasteiger partial charge in [0.2, 0.25) is 5.91 Å². The predicted octanol–water partition coefficient (Wildman–Crippen LogP) is 2.79. The second-order valence-electron chi connectivity index (χ2n) is 7.89. The van der Waals surface area contributed by atoms with E-state index in [1.165, 1.54) is 0 Å². The summed E-state index contributed by atoms with van der Waals surface area (Å²) in [5.41, 5.74) is 1.34. The van der Waals surface area contributed by atoms with Crippen LogP contribution in [-0.2, 0) is 16.0 Å². The van der Waals surface area contributed by atoms with Gasteiger partial charge in [0.1, 0.15) is 0 Å². The maximum absolute atomic E-state index is 12.7. The molecular formula is C20H28N2O3. The summed E-state index contributed by atoms with van der Waals surface area (Å²) in [5, 5.41) is 9.79. The summed E-state index contributed by atoms with van der Waals surface area (Å²) in [4.78, 5) is 28.4. The van der Waals surface area contributed by atoms with Gasteiger partial charge in [-0.1, -0.05) is 25.0 Å². The van der Waals surface area contributed by atoms with Crippen molar-refractivity contribution in [3.05, 3.63) is 29.8 Å². The number of carbonyl (C=O) groups is 2. The molecule has 1 aliphatic heterocycles. The van der Waals surface area contributed by atoms with Crippen LogP contribution in [0.25, 0.3) is 0 Å². The predicted molar refractivity (Wildman–Crippen MR) is 97.7 cm³/mol. The highest BCUT2D eigenvalue weighted by Crippen LogP contribution is 2.45. The Labute approximate surface area is 149 Å². The van der Waals surface area contributed by atoms with Crippen LogP contribution in [0, 0.1) is 11.3 Å². The molecule has 1 amide bonds. The summed E-state index contributed by atoms with van der Waals surface area (Å²) in [6.45, 7) is 1.04. The Hall–Kier alpha value is -2.04. The Kier molecular flexibility index (Phi) is 5.02. The standard InChI is InChI=1S/C20H28N2O3/c1-21(2)17-8-6-15(7-9-17)12-18(23)22-11-3-10-20(14-22,19(24)25)13-16-4-5-16/h6-9,16H,3-5,10-14H2,1-2H3,(H,24,25). The number of rotatable bonds is 6. The van der Waals surface area contributed by atoms with E-state index in [4.69, 9.17) is 0 Å². The zero-order chi connectivity index (χ0) is 18.0. The van der Waals surface area contributed by atoms with Gasteiger partial charge in [-0.15, -0.1) is 0 Å². The number of piperidine rings is 1. The van der Waals surface area contributed by atoms with Crippen molar-refractivity contribution in [2.75, 3.05) is 32.1 Å². The van der Waals surface area contributed by atoms with Gasteiger partial charge in [-0.25, -0.2) is 0 Å². The Balaban J connectivity index is 1.65. The normalized spacial score (nSPS) is 23.4. The van der Waals surface area contributed by atoms with Crippen LogP contribution in [0.1, 0.15) is 37.7 Å². The molecule has 0 bridgehead atoms. The van der Waals surface area contributed by atoms with E-state index in [0.29, 0.717) is 31.8 Å². The van der Waals surface area contributed by atoms with Gasteiger partial charge in [-0.05, 0) is 42.9 Å². The van der Waals surface area contributed by atoms with Gasteiger partial charge >= 0.3 is 5.97 Å².